The van der Waals surface area contributed by atoms with Gasteiger partial charge < -0.3 is 18.9 Å². The number of carbonyl (C=O) groups excluding carboxylic acids is 1. The van der Waals surface area contributed by atoms with Crippen molar-refractivity contribution >= 4 is 15.9 Å². The lowest BCUT2D eigenvalue weighted by Crippen LogP contribution is -2.50. The van der Waals surface area contributed by atoms with Crippen molar-refractivity contribution in [3.8, 4) is 17.2 Å². The van der Waals surface area contributed by atoms with E-state index in [0.717, 1.165) is 17.1 Å². The number of para-hydroxylation sites is 1. The SMILES string of the molecule is COc1ccc(S(=O)(=O)N2CCN(C(=O)c3cc(C)n(-c4ccccc4)c3C)CC2)cc1OC. The molecule has 1 amide bonds. The zero-order valence-corrected chi connectivity index (χ0v) is 20.6. The van der Waals surface area contributed by atoms with Crippen LogP contribution in [-0.4, -0.2) is 68.5 Å². The monoisotopic (exact) mass is 483 g/mol. The second-order valence-corrected chi connectivity index (χ2v) is 10.1. The summed E-state index contributed by atoms with van der Waals surface area (Å²) in [5, 5.41) is 0. The topological polar surface area (TPSA) is 81.1 Å². The largest absolute Gasteiger partial charge is 0.493 e. The highest BCUT2D eigenvalue weighted by atomic mass is 32.2. The zero-order chi connectivity index (χ0) is 24.5. The Bertz CT molecular complexity index is 1290. The van der Waals surface area contributed by atoms with E-state index in [1.807, 2.05) is 50.2 Å². The fourth-order valence-electron chi connectivity index (χ4n) is 4.38. The smallest absolute Gasteiger partial charge is 0.255 e. The Morgan fingerprint density at radius 2 is 1.50 bits per heavy atom. The van der Waals surface area contributed by atoms with Gasteiger partial charge in [0, 0.05) is 49.3 Å². The van der Waals surface area contributed by atoms with Gasteiger partial charge in [0.25, 0.3) is 5.91 Å². The number of hydrogen-bond acceptors (Lipinski definition) is 5. The van der Waals surface area contributed by atoms with Crippen molar-refractivity contribution in [2.45, 2.75) is 18.7 Å². The summed E-state index contributed by atoms with van der Waals surface area (Å²) in [7, 11) is -0.759. The van der Waals surface area contributed by atoms with Crippen LogP contribution in [0.2, 0.25) is 0 Å². The highest BCUT2D eigenvalue weighted by Gasteiger charge is 2.32. The highest BCUT2D eigenvalue weighted by Crippen LogP contribution is 2.31. The highest BCUT2D eigenvalue weighted by molar-refractivity contribution is 7.89. The molecule has 34 heavy (non-hydrogen) atoms. The van der Waals surface area contributed by atoms with Crippen molar-refractivity contribution in [2.75, 3.05) is 40.4 Å². The molecule has 0 N–H and O–H groups in total. The lowest BCUT2D eigenvalue weighted by molar-refractivity contribution is 0.0697. The lowest BCUT2D eigenvalue weighted by atomic mass is 10.2. The van der Waals surface area contributed by atoms with Crippen molar-refractivity contribution in [1.82, 2.24) is 13.8 Å². The Balaban J connectivity index is 1.50. The second-order valence-electron chi connectivity index (χ2n) is 8.17. The summed E-state index contributed by atoms with van der Waals surface area (Å²) in [6.45, 7) is 5.00. The van der Waals surface area contributed by atoms with Gasteiger partial charge >= 0.3 is 0 Å². The summed E-state index contributed by atoms with van der Waals surface area (Å²) >= 11 is 0. The number of hydrogen-bond donors (Lipinski definition) is 0. The molecule has 1 aromatic heterocycles. The van der Waals surface area contributed by atoms with E-state index in [1.165, 1.54) is 30.7 Å². The minimum absolute atomic E-state index is 0.0848. The molecular weight excluding hydrogens is 454 g/mol. The summed E-state index contributed by atoms with van der Waals surface area (Å²) in [4.78, 5) is 15.2. The molecule has 0 atom stereocenters. The van der Waals surface area contributed by atoms with E-state index < -0.39 is 10.0 Å². The molecule has 0 spiro atoms. The van der Waals surface area contributed by atoms with Gasteiger partial charge in [-0.05, 0) is 44.2 Å². The maximum Gasteiger partial charge on any atom is 0.255 e. The molecule has 0 unspecified atom stereocenters. The fourth-order valence-corrected chi connectivity index (χ4v) is 5.82. The zero-order valence-electron chi connectivity index (χ0n) is 19.8. The molecule has 8 nitrogen and oxygen atoms in total. The molecule has 0 saturated carbocycles. The Morgan fingerprint density at radius 3 is 2.12 bits per heavy atom. The molecule has 0 aliphatic carbocycles. The van der Waals surface area contributed by atoms with E-state index in [9.17, 15) is 13.2 Å². The first-order valence-corrected chi connectivity index (χ1v) is 12.5. The van der Waals surface area contributed by atoms with Gasteiger partial charge in [0.15, 0.2) is 11.5 Å². The number of rotatable bonds is 6. The molecule has 1 saturated heterocycles. The van der Waals surface area contributed by atoms with Crippen LogP contribution in [0, 0.1) is 13.8 Å². The van der Waals surface area contributed by atoms with Gasteiger partial charge in [0.05, 0.1) is 24.7 Å². The van der Waals surface area contributed by atoms with Crippen molar-refractivity contribution in [3.63, 3.8) is 0 Å². The number of sulfonamides is 1. The van der Waals surface area contributed by atoms with E-state index in [2.05, 4.69) is 4.57 Å². The second kappa shape index (κ2) is 9.52. The van der Waals surface area contributed by atoms with Crippen LogP contribution < -0.4 is 9.47 Å². The minimum atomic E-state index is -3.72. The first kappa shape index (κ1) is 23.8. The number of piperazine rings is 1. The van der Waals surface area contributed by atoms with Gasteiger partial charge in [0.2, 0.25) is 10.0 Å². The molecular formula is C25H29N3O5S. The number of carbonyl (C=O) groups is 1. The first-order chi connectivity index (χ1) is 16.3. The predicted octanol–water partition coefficient (Wildman–Crippen LogP) is 3.26. The average molecular weight is 484 g/mol. The maximum atomic E-state index is 13.3. The summed E-state index contributed by atoms with van der Waals surface area (Å²) in [5.74, 6) is 0.731. The molecule has 1 fully saturated rings. The fraction of sp³-hybridized carbons (Fsp3) is 0.320. The first-order valence-electron chi connectivity index (χ1n) is 11.0. The number of aryl methyl sites for hydroxylation is 1. The van der Waals surface area contributed by atoms with Gasteiger partial charge in [-0.3, -0.25) is 4.79 Å². The molecule has 1 aliphatic rings. The lowest BCUT2D eigenvalue weighted by Gasteiger charge is -2.34. The molecule has 2 heterocycles. The molecule has 0 bridgehead atoms. The summed E-state index contributed by atoms with van der Waals surface area (Å²) < 4.78 is 40.3. The standard InChI is InChI=1S/C25H29N3O5S/c1-18-16-22(19(2)28(18)20-8-6-5-7-9-20)25(29)26-12-14-27(15-13-26)34(30,31)21-10-11-23(32-3)24(17-21)33-4/h5-11,16-17H,12-15H2,1-4H3. The van der Waals surface area contributed by atoms with Crippen LogP contribution >= 0.6 is 0 Å². The van der Waals surface area contributed by atoms with E-state index in [-0.39, 0.29) is 23.9 Å². The van der Waals surface area contributed by atoms with E-state index in [4.69, 9.17) is 9.47 Å². The summed E-state index contributed by atoms with van der Waals surface area (Å²) in [6, 6.07) is 16.3. The van der Waals surface area contributed by atoms with Crippen LogP contribution in [0.1, 0.15) is 21.7 Å². The molecule has 180 valence electrons. The molecule has 2 aromatic carbocycles. The van der Waals surface area contributed by atoms with Crippen LogP contribution in [0.3, 0.4) is 0 Å². The van der Waals surface area contributed by atoms with Gasteiger partial charge in [-0.25, -0.2) is 8.42 Å². The number of methoxy groups -OCH3 is 2. The number of ether oxygens (including phenoxy) is 2. The number of nitrogens with zero attached hydrogens (tertiary/aromatic N) is 3. The van der Waals surface area contributed by atoms with E-state index >= 15 is 0 Å². The Morgan fingerprint density at radius 1 is 0.853 bits per heavy atom. The Kier molecular flexibility index (Phi) is 6.67. The molecule has 0 radical (unpaired) electrons. The number of benzene rings is 2. The van der Waals surface area contributed by atoms with Crippen LogP contribution in [-0.2, 0) is 10.0 Å². The number of aromatic nitrogens is 1. The van der Waals surface area contributed by atoms with Gasteiger partial charge in [0.1, 0.15) is 0 Å². The normalized spacial score (nSPS) is 14.8. The van der Waals surface area contributed by atoms with Crippen molar-refractivity contribution < 1.29 is 22.7 Å². The van der Waals surface area contributed by atoms with Crippen molar-refractivity contribution in [1.29, 1.82) is 0 Å². The minimum Gasteiger partial charge on any atom is -0.493 e. The van der Waals surface area contributed by atoms with Crippen molar-refractivity contribution in [3.05, 3.63) is 71.5 Å². The van der Waals surface area contributed by atoms with Crippen LogP contribution in [0.5, 0.6) is 11.5 Å². The van der Waals surface area contributed by atoms with Gasteiger partial charge in [-0.15, -0.1) is 0 Å². The predicted molar refractivity (Wildman–Crippen MR) is 129 cm³/mol. The van der Waals surface area contributed by atoms with Crippen LogP contribution in [0.15, 0.2) is 59.5 Å². The Labute approximate surface area is 200 Å². The van der Waals surface area contributed by atoms with Crippen LogP contribution in [0.4, 0.5) is 0 Å². The van der Waals surface area contributed by atoms with Crippen LogP contribution in [0.25, 0.3) is 5.69 Å². The average Bonchev–Trinajstić information content (AvgIpc) is 3.17. The van der Waals surface area contributed by atoms with E-state index in [1.54, 1.807) is 11.0 Å². The Hall–Kier alpha value is -3.30. The molecule has 1 aliphatic heterocycles. The van der Waals surface area contributed by atoms with Gasteiger partial charge in [-0.1, -0.05) is 18.2 Å². The number of amides is 1. The third kappa shape index (κ3) is 4.28. The third-order valence-corrected chi connectivity index (χ3v) is 8.09. The maximum absolute atomic E-state index is 13.3. The molecule has 3 aromatic rings. The van der Waals surface area contributed by atoms with Crippen molar-refractivity contribution in [2.24, 2.45) is 0 Å². The van der Waals surface area contributed by atoms with Gasteiger partial charge in [-0.2, -0.15) is 4.31 Å². The third-order valence-electron chi connectivity index (χ3n) is 6.19. The molecule has 9 heteroatoms. The summed E-state index contributed by atoms with van der Waals surface area (Å²) in [5.41, 5.74) is 3.48. The quantitative estimate of drug-likeness (QED) is 0.538. The molecule has 4 rings (SSSR count). The summed E-state index contributed by atoms with van der Waals surface area (Å²) in [6.07, 6.45) is 0. The van der Waals surface area contributed by atoms with E-state index in [0.29, 0.717) is 30.2 Å².